The Kier molecular flexibility index (Phi) is 6.90. The van der Waals surface area contributed by atoms with Crippen LogP contribution in [0.25, 0.3) is 0 Å². The highest BCUT2D eigenvalue weighted by atomic mass is 35.5. The van der Waals surface area contributed by atoms with E-state index in [-0.39, 0.29) is 24.4 Å². The minimum Gasteiger partial charge on any atom is -1.00 e. The van der Waals surface area contributed by atoms with Crippen LogP contribution in [-0.2, 0) is 9.63 Å². The van der Waals surface area contributed by atoms with E-state index in [1.165, 1.54) is 6.08 Å². The van der Waals surface area contributed by atoms with Crippen LogP contribution in [0.4, 0.5) is 0 Å². The maximum absolute atomic E-state index is 10.9. The molecule has 0 heterocycles. The molecule has 0 aromatic carbocycles. The topological polar surface area (TPSA) is 26.3 Å². The van der Waals surface area contributed by atoms with Crippen LogP contribution in [-0.4, -0.2) is 30.2 Å². The highest BCUT2D eigenvalue weighted by Crippen LogP contribution is 2.10. The number of carbonyl (C=O) groups excluding carboxylic acids is 1. The number of carbonyl (C=O) groups is 1. The molecule has 0 aliphatic heterocycles. The van der Waals surface area contributed by atoms with E-state index < -0.39 is 0 Å². The Hall–Kier alpha value is -0.540. The highest BCUT2D eigenvalue weighted by Gasteiger charge is 2.28. The van der Waals surface area contributed by atoms with E-state index in [0.29, 0.717) is 4.65 Å². The molecular weight excluding hydrogens is 190 g/mol. The normalized spacial score (nSPS) is 14.2. The number of nitrogens with zero attached hydrogens (tertiary/aromatic N) is 1. The zero-order valence-electron chi connectivity index (χ0n) is 8.71. The van der Waals surface area contributed by atoms with Gasteiger partial charge in [-0.15, -0.1) is 4.65 Å². The third-order valence-corrected chi connectivity index (χ3v) is 2.19. The summed E-state index contributed by atoms with van der Waals surface area (Å²) in [7, 11) is 1.88. The smallest absolute Gasteiger partial charge is 0.389 e. The Bertz CT molecular complexity index is 182. The summed E-state index contributed by atoms with van der Waals surface area (Å²) >= 11 is 0. The van der Waals surface area contributed by atoms with Crippen molar-refractivity contribution in [3.05, 3.63) is 12.7 Å². The first-order valence-electron chi connectivity index (χ1n) is 4.17. The maximum atomic E-state index is 10.9. The third kappa shape index (κ3) is 4.29. The molecule has 0 aromatic heterocycles. The molecule has 0 rings (SSSR count). The first-order chi connectivity index (χ1) is 5.46. The molecule has 0 aromatic rings. The van der Waals surface area contributed by atoms with E-state index in [1.807, 2.05) is 27.8 Å². The average Bonchev–Trinajstić information content (AvgIpc) is 2.03. The molecule has 0 fully saturated rings. The van der Waals surface area contributed by atoms with Gasteiger partial charge in [-0.1, -0.05) is 6.58 Å². The lowest BCUT2D eigenvalue weighted by Crippen LogP contribution is -3.00. The molecule has 0 aliphatic carbocycles. The van der Waals surface area contributed by atoms with Gasteiger partial charge in [-0.2, -0.15) is 0 Å². The van der Waals surface area contributed by atoms with Crippen molar-refractivity contribution in [3.8, 4) is 0 Å². The average molecular weight is 208 g/mol. The minimum absolute atomic E-state index is 0. The fraction of sp³-hybridized carbons (Fsp3) is 0.667. The van der Waals surface area contributed by atoms with Crippen LogP contribution in [0.1, 0.15) is 20.8 Å². The van der Waals surface area contributed by atoms with Gasteiger partial charge in [0, 0.05) is 6.08 Å². The van der Waals surface area contributed by atoms with Crippen molar-refractivity contribution in [1.29, 1.82) is 0 Å². The van der Waals surface area contributed by atoms with Crippen LogP contribution < -0.4 is 12.4 Å². The Morgan fingerprint density at radius 1 is 1.62 bits per heavy atom. The Balaban J connectivity index is 0. The summed E-state index contributed by atoms with van der Waals surface area (Å²) in [6.07, 6.45) is 1.19. The molecular formula is C9H18ClNO2. The van der Waals surface area contributed by atoms with Gasteiger partial charge in [0.05, 0.1) is 0 Å². The number of hydroxylamine groups is 3. The maximum Gasteiger partial charge on any atom is 0.389 e. The summed E-state index contributed by atoms with van der Waals surface area (Å²) in [6.45, 7) is 10.1. The van der Waals surface area contributed by atoms with Gasteiger partial charge in [0.25, 0.3) is 0 Å². The van der Waals surface area contributed by atoms with Crippen LogP contribution in [0.2, 0.25) is 0 Å². The van der Waals surface area contributed by atoms with Gasteiger partial charge in [0.1, 0.15) is 19.6 Å². The largest absolute Gasteiger partial charge is 1.00 e. The molecule has 1 atom stereocenters. The fourth-order valence-corrected chi connectivity index (χ4v) is 0.778. The van der Waals surface area contributed by atoms with Gasteiger partial charge < -0.3 is 12.4 Å². The molecule has 0 N–H and O–H groups in total. The summed E-state index contributed by atoms with van der Waals surface area (Å²) in [5, 5.41) is 0. The first kappa shape index (κ1) is 15.0. The van der Waals surface area contributed by atoms with Gasteiger partial charge in [0.15, 0.2) is 0 Å². The summed E-state index contributed by atoms with van der Waals surface area (Å²) in [6, 6.07) is 0.263. The number of halogens is 1. The summed E-state index contributed by atoms with van der Waals surface area (Å²) in [5.74, 6) is -0.368. The van der Waals surface area contributed by atoms with Crippen molar-refractivity contribution in [2.24, 2.45) is 0 Å². The third-order valence-electron chi connectivity index (χ3n) is 2.19. The molecule has 13 heavy (non-hydrogen) atoms. The molecule has 0 bridgehead atoms. The van der Waals surface area contributed by atoms with Crippen LogP contribution >= 0.6 is 0 Å². The van der Waals surface area contributed by atoms with Crippen molar-refractivity contribution >= 4 is 5.97 Å². The van der Waals surface area contributed by atoms with Crippen molar-refractivity contribution in [1.82, 2.24) is 0 Å². The predicted molar refractivity (Wildman–Crippen MR) is 48.2 cm³/mol. The lowest BCUT2D eigenvalue weighted by atomic mass is 10.3. The zero-order valence-corrected chi connectivity index (χ0v) is 9.47. The molecule has 0 aliphatic rings. The predicted octanol–water partition coefficient (Wildman–Crippen LogP) is -1.49. The van der Waals surface area contributed by atoms with Crippen molar-refractivity contribution in [2.45, 2.75) is 26.8 Å². The quantitative estimate of drug-likeness (QED) is 0.319. The Morgan fingerprint density at radius 3 is 2.31 bits per heavy atom. The van der Waals surface area contributed by atoms with Gasteiger partial charge in [-0.25, -0.2) is 4.79 Å². The monoisotopic (exact) mass is 207 g/mol. The van der Waals surface area contributed by atoms with E-state index in [4.69, 9.17) is 4.84 Å². The van der Waals surface area contributed by atoms with E-state index in [2.05, 4.69) is 6.58 Å². The summed E-state index contributed by atoms with van der Waals surface area (Å²) < 4.78 is 0.296. The molecule has 0 saturated carbocycles. The second kappa shape index (κ2) is 6.00. The van der Waals surface area contributed by atoms with Gasteiger partial charge in [0.2, 0.25) is 0 Å². The standard InChI is InChI=1S/C9H18NO2.ClH/c1-6-9(11)12-10(5,7-2)8(3)4;/h6,8H,1,7H2,2-5H3;1H/q+1;/p-1. The number of hydrogen-bond donors (Lipinski definition) is 0. The number of hydrogen-bond acceptors (Lipinski definition) is 2. The molecule has 0 radical (unpaired) electrons. The molecule has 0 saturated heterocycles. The van der Waals surface area contributed by atoms with Crippen LogP contribution in [0.3, 0.4) is 0 Å². The SMILES string of the molecule is C=CC(=O)O[N+](C)(CC)C(C)C.[Cl-]. The van der Waals surface area contributed by atoms with Crippen LogP contribution in [0.5, 0.6) is 0 Å². The lowest BCUT2D eigenvalue weighted by molar-refractivity contribution is -1.09. The van der Waals surface area contributed by atoms with Gasteiger partial charge in [-0.3, -0.25) is 4.84 Å². The van der Waals surface area contributed by atoms with Gasteiger partial charge >= 0.3 is 5.97 Å². The Morgan fingerprint density at radius 2 is 2.08 bits per heavy atom. The van der Waals surface area contributed by atoms with Crippen molar-refractivity contribution in [2.75, 3.05) is 13.6 Å². The summed E-state index contributed by atoms with van der Waals surface area (Å²) in [5.41, 5.74) is 0. The van der Waals surface area contributed by atoms with Gasteiger partial charge in [-0.05, 0) is 20.8 Å². The molecule has 4 heteroatoms. The number of quaternary nitrogens is 1. The lowest BCUT2D eigenvalue weighted by Gasteiger charge is -2.32. The minimum atomic E-state index is -0.368. The first-order valence-corrected chi connectivity index (χ1v) is 4.17. The van der Waals surface area contributed by atoms with Crippen LogP contribution in [0, 0.1) is 0 Å². The van der Waals surface area contributed by atoms with E-state index in [1.54, 1.807) is 0 Å². The fourth-order valence-electron chi connectivity index (χ4n) is 0.778. The van der Waals surface area contributed by atoms with Crippen molar-refractivity contribution in [3.63, 3.8) is 0 Å². The number of rotatable bonds is 4. The molecule has 1 unspecified atom stereocenters. The van der Waals surface area contributed by atoms with Crippen molar-refractivity contribution < 1.29 is 26.7 Å². The molecule has 78 valence electrons. The second-order valence-electron chi connectivity index (χ2n) is 3.20. The van der Waals surface area contributed by atoms with E-state index >= 15 is 0 Å². The molecule has 0 spiro atoms. The molecule has 3 nitrogen and oxygen atoms in total. The van der Waals surface area contributed by atoms with Crippen LogP contribution in [0.15, 0.2) is 12.7 Å². The zero-order chi connectivity index (χ0) is 9.78. The Labute approximate surface area is 86.3 Å². The molecule has 0 amide bonds. The second-order valence-corrected chi connectivity index (χ2v) is 3.20. The summed E-state index contributed by atoms with van der Waals surface area (Å²) in [4.78, 5) is 16.1. The van der Waals surface area contributed by atoms with E-state index in [9.17, 15) is 4.79 Å². The van der Waals surface area contributed by atoms with E-state index in [0.717, 1.165) is 6.54 Å². The highest BCUT2D eigenvalue weighted by molar-refractivity contribution is 5.80.